The Morgan fingerprint density at radius 1 is 1.36 bits per heavy atom. The van der Waals surface area contributed by atoms with Crippen molar-refractivity contribution >= 4 is 0 Å². The number of benzene rings is 1. The quantitative estimate of drug-likeness (QED) is 0.698. The number of rotatable bonds is 3. The van der Waals surface area contributed by atoms with Crippen LogP contribution in [0, 0.1) is 0 Å². The van der Waals surface area contributed by atoms with Crippen molar-refractivity contribution in [2.24, 2.45) is 0 Å². The topological polar surface area (TPSA) is 12.0 Å². The van der Waals surface area contributed by atoms with Gasteiger partial charge in [-0.1, -0.05) is 37.3 Å². The highest BCUT2D eigenvalue weighted by Crippen LogP contribution is 2.12. The molecule has 1 heteroatoms. The largest absolute Gasteiger partial charge is 0.319 e. The predicted octanol–water partition coefficient (Wildman–Crippen LogP) is 2.26. The van der Waals surface area contributed by atoms with E-state index in [1.807, 2.05) is 7.05 Å². The summed E-state index contributed by atoms with van der Waals surface area (Å²) in [4.78, 5) is 0. The number of nitrogens with one attached hydrogen (secondary N) is 1. The van der Waals surface area contributed by atoms with Crippen LogP contribution < -0.4 is 5.32 Å². The summed E-state index contributed by atoms with van der Waals surface area (Å²) in [6.07, 6.45) is 0. The van der Waals surface area contributed by atoms with Gasteiger partial charge in [-0.25, -0.2) is 0 Å². The van der Waals surface area contributed by atoms with E-state index in [0.717, 1.165) is 6.54 Å². The van der Waals surface area contributed by atoms with Crippen molar-refractivity contribution in [1.82, 2.24) is 5.32 Å². The Hall–Kier alpha value is -0.820. The fourth-order valence-electron chi connectivity index (χ4n) is 1.21. The molecule has 62 valence electrons. The zero-order chi connectivity index (χ0) is 8.10. The molecular formula is C10H17N. The Bertz CT molecular complexity index is 198. The van der Waals surface area contributed by atoms with Crippen LogP contribution in [-0.2, 0) is 0 Å². The van der Waals surface area contributed by atoms with E-state index < -0.39 is 0 Å². The molecule has 0 aliphatic carbocycles. The SMILES string of the molecule is CNC[C@@H](C)c1ccccc1.[HH]. The van der Waals surface area contributed by atoms with Gasteiger partial charge in [-0.3, -0.25) is 0 Å². The molecule has 0 spiro atoms. The van der Waals surface area contributed by atoms with Gasteiger partial charge in [0.05, 0.1) is 0 Å². The first-order valence-electron chi connectivity index (χ1n) is 4.04. The number of hydrogen-bond donors (Lipinski definition) is 1. The van der Waals surface area contributed by atoms with Gasteiger partial charge in [-0.15, -0.1) is 0 Å². The maximum Gasteiger partial charge on any atom is 0.00144 e. The second-order valence-electron chi connectivity index (χ2n) is 2.87. The lowest BCUT2D eigenvalue weighted by Gasteiger charge is -2.09. The molecule has 0 unspecified atom stereocenters. The zero-order valence-corrected chi connectivity index (χ0v) is 7.17. The highest BCUT2D eigenvalue weighted by atomic mass is 14.8. The van der Waals surface area contributed by atoms with Gasteiger partial charge < -0.3 is 5.32 Å². The standard InChI is InChI=1S/C10H15N.H2/c1-9(8-11-2)10-6-4-3-5-7-10;/h3-7,9,11H,8H2,1-2H3;1H/t9-;/m1./s1. The van der Waals surface area contributed by atoms with Crippen molar-refractivity contribution in [2.45, 2.75) is 12.8 Å². The monoisotopic (exact) mass is 151 g/mol. The van der Waals surface area contributed by atoms with Crippen molar-refractivity contribution in [3.05, 3.63) is 35.9 Å². The summed E-state index contributed by atoms with van der Waals surface area (Å²) in [6.45, 7) is 3.27. The summed E-state index contributed by atoms with van der Waals surface area (Å²) in [5.41, 5.74) is 1.40. The van der Waals surface area contributed by atoms with E-state index in [0.29, 0.717) is 5.92 Å². The lowest BCUT2D eigenvalue weighted by atomic mass is 10.0. The molecule has 1 atom stereocenters. The Morgan fingerprint density at radius 2 is 2.00 bits per heavy atom. The Balaban J connectivity index is 0.00000121. The molecule has 0 amide bonds. The molecular weight excluding hydrogens is 134 g/mol. The van der Waals surface area contributed by atoms with E-state index in [1.165, 1.54) is 5.56 Å². The molecule has 11 heavy (non-hydrogen) atoms. The Kier molecular flexibility index (Phi) is 3.12. The van der Waals surface area contributed by atoms with E-state index in [-0.39, 0.29) is 1.43 Å². The first kappa shape index (κ1) is 8.28. The summed E-state index contributed by atoms with van der Waals surface area (Å²) in [6, 6.07) is 10.6. The molecule has 1 aromatic carbocycles. The fraction of sp³-hybridized carbons (Fsp3) is 0.400. The molecule has 1 N–H and O–H groups in total. The molecule has 0 saturated carbocycles. The van der Waals surface area contributed by atoms with E-state index in [2.05, 4.69) is 42.6 Å². The molecule has 1 aromatic rings. The van der Waals surface area contributed by atoms with Gasteiger partial charge in [-0.2, -0.15) is 0 Å². The van der Waals surface area contributed by atoms with Crippen LogP contribution in [0.4, 0.5) is 0 Å². The fourth-order valence-corrected chi connectivity index (χ4v) is 1.21. The molecule has 0 bridgehead atoms. The lowest BCUT2D eigenvalue weighted by Crippen LogP contribution is -2.14. The third-order valence-electron chi connectivity index (χ3n) is 1.88. The molecule has 0 aliphatic rings. The summed E-state index contributed by atoms with van der Waals surface area (Å²) < 4.78 is 0. The minimum atomic E-state index is 0. The second-order valence-corrected chi connectivity index (χ2v) is 2.87. The van der Waals surface area contributed by atoms with Crippen LogP contribution in [0.1, 0.15) is 19.8 Å². The van der Waals surface area contributed by atoms with Gasteiger partial charge in [0.2, 0.25) is 0 Å². The smallest absolute Gasteiger partial charge is 0.00144 e. The molecule has 0 fully saturated rings. The number of likely N-dealkylation sites (N-methyl/N-ethyl adjacent to an activating group) is 1. The van der Waals surface area contributed by atoms with Gasteiger partial charge >= 0.3 is 0 Å². The van der Waals surface area contributed by atoms with Crippen molar-refractivity contribution in [3.63, 3.8) is 0 Å². The molecule has 0 saturated heterocycles. The van der Waals surface area contributed by atoms with Crippen molar-refractivity contribution in [2.75, 3.05) is 13.6 Å². The first-order valence-corrected chi connectivity index (χ1v) is 4.04. The molecule has 0 radical (unpaired) electrons. The average Bonchev–Trinajstić information content (AvgIpc) is 2.07. The van der Waals surface area contributed by atoms with Crippen LogP contribution in [0.15, 0.2) is 30.3 Å². The normalized spacial score (nSPS) is 12.9. The molecule has 1 rings (SSSR count). The first-order chi connectivity index (χ1) is 5.34. The van der Waals surface area contributed by atoms with Gasteiger partial charge in [0.1, 0.15) is 0 Å². The Labute approximate surface area is 69.9 Å². The van der Waals surface area contributed by atoms with Crippen LogP contribution in [0.3, 0.4) is 0 Å². The molecule has 1 nitrogen and oxygen atoms in total. The van der Waals surface area contributed by atoms with Crippen LogP contribution in [0.5, 0.6) is 0 Å². The van der Waals surface area contributed by atoms with E-state index in [9.17, 15) is 0 Å². The maximum absolute atomic E-state index is 3.17. The Morgan fingerprint density at radius 3 is 2.55 bits per heavy atom. The van der Waals surface area contributed by atoms with Crippen LogP contribution in [0.2, 0.25) is 0 Å². The van der Waals surface area contributed by atoms with E-state index in [4.69, 9.17) is 0 Å². The molecule has 0 aromatic heterocycles. The van der Waals surface area contributed by atoms with E-state index in [1.54, 1.807) is 0 Å². The predicted molar refractivity (Wildman–Crippen MR) is 50.9 cm³/mol. The van der Waals surface area contributed by atoms with Crippen LogP contribution >= 0.6 is 0 Å². The van der Waals surface area contributed by atoms with Gasteiger partial charge in [0.15, 0.2) is 0 Å². The van der Waals surface area contributed by atoms with Gasteiger partial charge in [-0.05, 0) is 18.5 Å². The summed E-state index contributed by atoms with van der Waals surface area (Å²) in [5.74, 6) is 0.612. The van der Waals surface area contributed by atoms with Crippen LogP contribution in [0.25, 0.3) is 0 Å². The van der Waals surface area contributed by atoms with Gasteiger partial charge in [0, 0.05) is 7.97 Å². The molecule has 0 heterocycles. The average molecular weight is 151 g/mol. The summed E-state index contributed by atoms with van der Waals surface area (Å²) in [5, 5.41) is 3.17. The maximum atomic E-state index is 3.17. The van der Waals surface area contributed by atoms with Crippen molar-refractivity contribution in [3.8, 4) is 0 Å². The summed E-state index contributed by atoms with van der Waals surface area (Å²) >= 11 is 0. The molecule has 0 aliphatic heterocycles. The third kappa shape index (κ3) is 2.35. The van der Waals surface area contributed by atoms with Crippen molar-refractivity contribution in [1.29, 1.82) is 0 Å². The van der Waals surface area contributed by atoms with Crippen molar-refractivity contribution < 1.29 is 1.43 Å². The minimum absolute atomic E-state index is 0. The zero-order valence-electron chi connectivity index (χ0n) is 7.17. The summed E-state index contributed by atoms with van der Waals surface area (Å²) in [7, 11) is 1.99. The minimum Gasteiger partial charge on any atom is -0.319 e. The highest BCUT2D eigenvalue weighted by molar-refractivity contribution is 5.18. The lowest BCUT2D eigenvalue weighted by molar-refractivity contribution is 0.678. The van der Waals surface area contributed by atoms with Crippen LogP contribution in [-0.4, -0.2) is 13.6 Å². The number of hydrogen-bond acceptors (Lipinski definition) is 1. The third-order valence-corrected chi connectivity index (χ3v) is 1.88. The highest BCUT2D eigenvalue weighted by Gasteiger charge is 2.01. The second kappa shape index (κ2) is 4.14. The van der Waals surface area contributed by atoms with E-state index >= 15 is 0 Å². The van der Waals surface area contributed by atoms with Gasteiger partial charge in [0.25, 0.3) is 0 Å².